The van der Waals surface area contributed by atoms with Gasteiger partial charge in [0.05, 0.1) is 12.7 Å². The van der Waals surface area contributed by atoms with Gasteiger partial charge in [0.15, 0.2) is 34.0 Å². The smallest absolute Gasteiger partial charge is 0.261 e. The van der Waals surface area contributed by atoms with Gasteiger partial charge in [-0.15, -0.1) is 0 Å². The van der Waals surface area contributed by atoms with Gasteiger partial charge in [-0.1, -0.05) is 24.3 Å². The third kappa shape index (κ3) is 4.39. The van der Waals surface area contributed by atoms with Crippen molar-refractivity contribution in [3.05, 3.63) is 89.2 Å². The summed E-state index contributed by atoms with van der Waals surface area (Å²) in [4.78, 5) is 16.7. The van der Waals surface area contributed by atoms with Crippen LogP contribution in [0.15, 0.2) is 59.0 Å². The van der Waals surface area contributed by atoms with E-state index in [1.165, 1.54) is 25.3 Å². The lowest BCUT2D eigenvalue weighted by Crippen LogP contribution is -2.34. The van der Waals surface area contributed by atoms with Crippen molar-refractivity contribution in [1.29, 1.82) is 0 Å². The fraction of sp³-hybridized carbons (Fsp3) is 0.0385. The molecule has 12 heteroatoms. The summed E-state index contributed by atoms with van der Waals surface area (Å²) in [5, 5.41) is 6.91. The van der Waals surface area contributed by atoms with Crippen LogP contribution in [0.5, 0.6) is 5.75 Å². The van der Waals surface area contributed by atoms with Crippen molar-refractivity contribution in [1.82, 2.24) is 10.3 Å². The minimum absolute atomic E-state index is 0.00495. The molecule has 0 bridgehead atoms. The Labute approximate surface area is 216 Å². The van der Waals surface area contributed by atoms with Gasteiger partial charge in [0.1, 0.15) is 16.8 Å². The SMILES string of the molecule is COc1cc2ccccc2cc1C(=O)NC(=S)Nc1ccc2oc(-c3c(F)c(F)c(F)c(F)c3F)nc2c1. The predicted octanol–water partition coefficient (Wildman–Crippen LogP) is 6.48. The van der Waals surface area contributed by atoms with Crippen molar-refractivity contribution in [3.8, 4) is 17.2 Å². The van der Waals surface area contributed by atoms with Crippen LogP contribution in [0.4, 0.5) is 27.6 Å². The average Bonchev–Trinajstić information content (AvgIpc) is 3.32. The van der Waals surface area contributed by atoms with Crippen LogP contribution in [-0.2, 0) is 0 Å². The fourth-order valence-corrected chi connectivity index (χ4v) is 4.01. The first-order valence-corrected chi connectivity index (χ1v) is 11.2. The number of amides is 1. The van der Waals surface area contributed by atoms with Gasteiger partial charge in [0.25, 0.3) is 5.91 Å². The van der Waals surface area contributed by atoms with Crippen molar-refractivity contribution in [2.45, 2.75) is 0 Å². The molecule has 5 rings (SSSR count). The lowest BCUT2D eigenvalue weighted by Gasteiger charge is -2.12. The molecule has 0 atom stereocenters. The van der Waals surface area contributed by atoms with E-state index in [-0.39, 0.29) is 21.8 Å². The molecule has 1 aromatic heterocycles. The van der Waals surface area contributed by atoms with Crippen LogP contribution in [0.25, 0.3) is 33.3 Å². The molecule has 2 N–H and O–H groups in total. The molecule has 1 heterocycles. The summed E-state index contributed by atoms with van der Waals surface area (Å²) in [6.45, 7) is 0. The summed E-state index contributed by atoms with van der Waals surface area (Å²) >= 11 is 5.22. The summed E-state index contributed by atoms with van der Waals surface area (Å²) in [6.07, 6.45) is 0. The number of methoxy groups -OCH3 is 1. The van der Waals surface area contributed by atoms with E-state index in [0.29, 0.717) is 11.4 Å². The Hall–Kier alpha value is -4.58. The zero-order chi connectivity index (χ0) is 27.1. The first-order valence-electron chi connectivity index (χ1n) is 10.8. The molecule has 0 radical (unpaired) electrons. The Balaban J connectivity index is 1.38. The quantitative estimate of drug-likeness (QED) is 0.117. The van der Waals surface area contributed by atoms with E-state index in [9.17, 15) is 26.7 Å². The van der Waals surface area contributed by atoms with E-state index in [0.717, 1.165) is 10.8 Å². The number of anilines is 1. The van der Waals surface area contributed by atoms with Gasteiger partial charge in [0, 0.05) is 5.69 Å². The number of thiocarbonyl (C=S) groups is 1. The number of fused-ring (bicyclic) bond motifs is 2. The minimum atomic E-state index is -2.29. The van der Waals surface area contributed by atoms with Crippen molar-refractivity contribution in [3.63, 3.8) is 0 Å². The normalized spacial score (nSPS) is 11.1. The first-order chi connectivity index (χ1) is 18.2. The van der Waals surface area contributed by atoms with Gasteiger partial charge >= 0.3 is 0 Å². The number of hydrogen-bond donors (Lipinski definition) is 2. The Kier molecular flexibility index (Phi) is 6.41. The molecule has 0 aliphatic carbocycles. The number of carbonyl (C=O) groups excluding carboxylic acids is 1. The van der Waals surface area contributed by atoms with Crippen molar-refractivity contribution < 1.29 is 35.9 Å². The Morgan fingerprint density at radius 2 is 1.53 bits per heavy atom. The van der Waals surface area contributed by atoms with E-state index in [2.05, 4.69) is 15.6 Å². The predicted molar refractivity (Wildman–Crippen MR) is 133 cm³/mol. The molecule has 192 valence electrons. The number of benzene rings is 4. The third-order valence-electron chi connectivity index (χ3n) is 5.61. The molecule has 0 saturated carbocycles. The number of rotatable bonds is 4. The molecule has 0 saturated heterocycles. The molecule has 0 spiro atoms. The molecule has 0 aliphatic rings. The van der Waals surface area contributed by atoms with Gasteiger partial charge in [0.2, 0.25) is 11.7 Å². The Morgan fingerprint density at radius 3 is 2.18 bits per heavy atom. The van der Waals surface area contributed by atoms with Crippen LogP contribution in [0, 0.1) is 29.1 Å². The highest BCUT2D eigenvalue weighted by molar-refractivity contribution is 7.80. The molecular formula is C26H14F5N3O3S. The lowest BCUT2D eigenvalue weighted by atomic mass is 10.1. The number of carbonyl (C=O) groups is 1. The zero-order valence-electron chi connectivity index (χ0n) is 19.2. The van der Waals surface area contributed by atoms with Crippen molar-refractivity contribution in [2.24, 2.45) is 0 Å². The topological polar surface area (TPSA) is 76.4 Å². The van der Waals surface area contributed by atoms with Crippen molar-refractivity contribution >= 4 is 50.8 Å². The largest absolute Gasteiger partial charge is 0.496 e. The number of aromatic nitrogens is 1. The van der Waals surface area contributed by atoms with E-state index in [4.69, 9.17) is 21.4 Å². The van der Waals surface area contributed by atoms with Gasteiger partial charge in [-0.3, -0.25) is 10.1 Å². The van der Waals surface area contributed by atoms with Gasteiger partial charge in [-0.25, -0.2) is 26.9 Å². The van der Waals surface area contributed by atoms with Crippen LogP contribution in [0.2, 0.25) is 0 Å². The molecule has 0 aliphatic heterocycles. The van der Waals surface area contributed by atoms with Gasteiger partial charge in [-0.2, -0.15) is 0 Å². The summed E-state index contributed by atoms with van der Waals surface area (Å²) in [5.74, 6) is -11.7. The lowest BCUT2D eigenvalue weighted by molar-refractivity contribution is 0.0975. The van der Waals surface area contributed by atoms with E-state index >= 15 is 0 Å². The number of nitrogens with one attached hydrogen (secondary N) is 2. The molecule has 5 aromatic rings. The number of hydrogen-bond acceptors (Lipinski definition) is 5. The van der Waals surface area contributed by atoms with E-state index in [1.807, 2.05) is 24.3 Å². The summed E-state index contributed by atoms with van der Waals surface area (Å²) in [6, 6.07) is 14.9. The van der Waals surface area contributed by atoms with Crippen LogP contribution < -0.4 is 15.4 Å². The molecule has 0 unspecified atom stereocenters. The van der Waals surface area contributed by atoms with Crippen LogP contribution in [-0.4, -0.2) is 23.1 Å². The molecule has 6 nitrogen and oxygen atoms in total. The number of nitrogens with zero attached hydrogens (tertiary/aromatic N) is 1. The summed E-state index contributed by atoms with van der Waals surface area (Å²) < 4.78 is 79.5. The maximum atomic E-state index is 14.2. The first kappa shape index (κ1) is 25.1. The highest BCUT2D eigenvalue weighted by Gasteiger charge is 2.29. The van der Waals surface area contributed by atoms with E-state index in [1.54, 1.807) is 12.1 Å². The van der Waals surface area contributed by atoms with Crippen LogP contribution in [0.3, 0.4) is 0 Å². The van der Waals surface area contributed by atoms with Gasteiger partial charge in [-0.05, 0) is 53.3 Å². The minimum Gasteiger partial charge on any atom is -0.496 e. The van der Waals surface area contributed by atoms with E-state index < -0.39 is 46.4 Å². The van der Waals surface area contributed by atoms with Crippen LogP contribution >= 0.6 is 12.2 Å². The number of oxazole rings is 1. The molecule has 1 amide bonds. The maximum absolute atomic E-state index is 14.2. The average molecular weight is 543 g/mol. The standard InChI is InChI=1S/C26H14F5N3O3S/c1-36-17-9-12-5-3-2-4-11(12)8-14(17)24(35)34-26(38)32-13-6-7-16-15(10-13)33-25(37-16)18-19(27)21(29)23(31)22(30)20(18)28/h2-10H,1H3,(H2,32,34,35,38). The molecule has 4 aromatic carbocycles. The second kappa shape index (κ2) is 9.71. The fourth-order valence-electron chi connectivity index (χ4n) is 3.80. The van der Waals surface area contributed by atoms with Gasteiger partial charge < -0.3 is 14.5 Å². The Bertz CT molecular complexity index is 1740. The monoisotopic (exact) mass is 543 g/mol. The maximum Gasteiger partial charge on any atom is 0.261 e. The molecular weight excluding hydrogens is 529 g/mol. The summed E-state index contributed by atoms with van der Waals surface area (Å²) in [7, 11) is 1.44. The highest BCUT2D eigenvalue weighted by atomic mass is 32.1. The zero-order valence-corrected chi connectivity index (χ0v) is 20.0. The van der Waals surface area contributed by atoms with Crippen LogP contribution in [0.1, 0.15) is 10.4 Å². The highest BCUT2D eigenvalue weighted by Crippen LogP contribution is 2.33. The number of ether oxygens (including phenoxy) is 1. The summed E-state index contributed by atoms with van der Waals surface area (Å²) in [5.41, 5.74) is -0.718. The Morgan fingerprint density at radius 1 is 0.895 bits per heavy atom. The second-order valence-electron chi connectivity index (χ2n) is 7.95. The molecule has 0 fully saturated rings. The number of halogens is 5. The third-order valence-corrected chi connectivity index (χ3v) is 5.81. The second-order valence-corrected chi connectivity index (χ2v) is 8.36. The van der Waals surface area contributed by atoms with Crippen molar-refractivity contribution in [2.75, 3.05) is 12.4 Å². The molecule has 38 heavy (non-hydrogen) atoms.